The summed E-state index contributed by atoms with van der Waals surface area (Å²) >= 11 is 0. The van der Waals surface area contributed by atoms with E-state index in [1.165, 1.54) is 13.2 Å². The molecular weight excluding hydrogens is 271 g/mol. The monoisotopic (exact) mass is 294 g/mol. The minimum absolute atomic E-state index is 0.0178. The molecule has 0 bridgehead atoms. The van der Waals surface area contributed by atoms with E-state index in [2.05, 4.69) is 5.32 Å². The molecule has 4 nitrogen and oxygen atoms in total. The van der Waals surface area contributed by atoms with Crippen LogP contribution in [0, 0.1) is 11.7 Å². The van der Waals surface area contributed by atoms with Crippen molar-refractivity contribution in [2.24, 2.45) is 11.7 Å². The van der Waals surface area contributed by atoms with E-state index in [1.807, 2.05) is 6.92 Å². The number of rotatable bonds is 5. The van der Waals surface area contributed by atoms with Crippen LogP contribution in [0.2, 0.25) is 0 Å². The lowest BCUT2D eigenvalue weighted by Crippen LogP contribution is -2.37. The second-order valence-corrected chi connectivity index (χ2v) is 5.73. The van der Waals surface area contributed by atoms with Crippen molar-refractivity contribution in [2.45, 2.75) is 44.7 Å². The van der Waals surface area contributed by atoms with Crippen LogP contribution in [0.1, 0.15) is 44.2 Å². The third kappa shape index (κ3) is 3.94. The molecule has 5 heteroatoms. The zero-order valence-electron chi connectivity index (χ0n) is 12.6. The highest BCUT2D eigenvalue weighted by Gasteiger charge is 2.25. The van der Waals surface area contributed by atoms with Gasteiger partial charge in [-0.25, -0.2) is 4.39 Å². The molecule has 1 aromatic rings. The zero-order valence-corrected chi connectivity index (χ0v) is 12.6. The van der Waals surface area contributed by atoms with Crippen molar-refractivity contribution in [3.05, 3.63) is 29.6 Å². The van der Waals surface area contributed by atoms with Gasteiger partial charge in [0, 0.05) is 18.0 Å². The number of primary amides is 1. The lowest BCUT2D eigenvalue weighted by Gasteiger charge is -2.30. The number of nitrogens with two attached hydrogens (primary N) is 1. The summed E-state index contributed by atoms with van der Waals surface area (Å²) in [5.74, 6) is -0.261. The molecule has 1 aliphatic rings. The normalized spacial score (nSPS) is 23.6. The second-order valence-electron chi connectivity index (χ2n) is 5.73. The van der Waals surface area contributed by atoms with Gasteiger partial charge in [-0.15, -0.1) is 0 Å². The first kappa shape index (κ1) is 15.8. The van der Waals surface area contributed by atoms with Crippen molar-refractivity contribution < 1.29 is 13.9 Å². The van der Waals surface area contributed by atoms with Crippen molar-refractivity contribution >= 4 is 5.91 Å². The minimum atomic E-state index is -0.351. The number of hydrogen-bond acceptors (Lipinski definition) is 3. The molecule has 1 atom stereocenters. The van der Waals surface area contributed by atoms with E-state index < -0.39 is 0 Å². The summed E-state index contributed by atoms with van der Waals surface area (Å²) in [5, 5.41) is 3.54. The van der Waals surface area contributed by atoms with E-state index >= 15 is 0 Å². The highest BCUT2D eigenvalue weighted by molar-refractivity contribution is 5.76. The number of carbonyl (C=O) groups excluding carboxylic acids is 1. The minimum Gasteiger partial charge on any atom is -0.494 e. The Kier molecular flexibility index (Phi) is 5.17. The van der Waals surface area contributed by atoms with Crippen LogP contribution in [0.3, 0.4) is 0 Å². The van der Waals surface area contributed by atoms with Crippen LogP contribution in [0.15, 0.2) is 18.2 Å². The lowest BCUT2D eigenvalue weighted by molar-refractivity contribution is -0.122. The molecule has 2 rings (SSSR count). The molecule has 0 saturated heterocycles. The van der Waals surface area contributed by atoms with Gasteiger partial charge in [-0.3, -0.25) is 4.79 Å². The molecule has 3 N–H and O–H groups in total. The van der Waals surface area contributed by atoms with Crippen LogP contribution in [-0.2, 0) is 4.79 Å². The average molecular weight is 294 g/mol. The molecule has 1 fully saturated rings. The molecule has 0 aliphatic heterocycles. The fourth-order valence-electron chi connectivity index (χ4n) is 2.94. The van der Waals surface area contributed by atoms with Gasteiger partial charge in [0.2, 0.25) is 5.91 Å². The molecule has 116 valence electrons. The molecule has 0 aromatic heterocycles. The Balaban J connectivity index is 1.93. The Hall–Kier alpha value is -1.62. The van der Waals surface area contributed by atoms with E-state index in [0.717, 1.165) is 31.2 Å². The molecular formula is C16H23FN2O2. The van der Waals surface area contributed by atoms with Crippen LogP contribution < -0.4 is 15.8 Å². The Bertz CT molecular complexity index is 499. The van der Waals surface area contributed by atoms with Gasteiger partial charge >= 0.3 is 0 Å². The van der Waals surface area contributed by atoms with Gasteiger partial charge in [-0.1, -0.05) is 6.07 Å². The summed E-state index contributed by atoms with van der Waals surface area (Å²) in [7, 11) is 1.46. The van der Waals surface area contributed by atoms with Crippen molar-refractivity contribution in [2.75, 3.05) is 7.11 Å². The summed E-state index contributed by atoms with van der Waals surface area (Å²) in [6, 6.07) is 5.39. The summed E-state index contributed by atoms with van der Waals surface area (Å²) in [5.41, 5.74) is 6.33. The summed E-state index contributed by atoms with van der Waals surface area (Å²) in [6.45, 7) is 2.05. The molecule has 21 heavy (non-hydrogen) atoms. The van der Waals surface area contributed by atoms with Gasteiger partial charge < -0.3 is 15.8 Å². The number of amides is 1. The Morgan fingerprint density at radius 1 is 1.38 bits per heavy atom. The zero-order chi connectivity index (χ0) is 15.4. The topological polar surface area (TPSA) is 64.3 Å². The fraction of sp³-hybridized carbons (Fsp3) is 0.562. The van der Waals surface area contributed by atoms with Gasteiger partial charge in [0.25, 0.3) is 0 Å². The Morgan fingerprint density at radius 3 is 2.62 bits per heavy atom. The van der Waals surface area contributed by atoms with Gasteiger partial charge in [0.05, 0.1) is 7.11 Å². The molecule has 1 aliphatic carbocycles. The van der Waals surface area contributed by atoms with E-state index in [-0.39, 0.29) is 29.4 Å². The van der Waals surface area contributed by atoms with Crippen LogP contribution >= 0.6 is 0 Å². The maximum atomic E-state index is 13.4. The maximum Gasteiger partial charge on any atom is 0.220 e. The van der Waals surface area contributed by atoms with Crippen LogP contribution in [0.25, 0.3) is 0 Å². The van der Waals surface area contributed by atoms with Crippen molar-refractivity contribution in [3.8, 4) is 5.75 Å². The van der Waals surface area contributed by atoms with E-state index in [9.17, 15) is 9.18 Å². The highest BCUT2D eigenvalue weighted by atomic mass is 19.1. The van der Waals surface area contributed by atoms with Gasteiger partial charge in [-0.05, 0) is 50.3 Å². The van der Waals surface area contributed by atoms with Gasteiger partial charge in [0.15, 0.2) is 11.6 Å². The highest BCUT2D eigenvalue weighted by Crippen LogP contribution is 2.27. The molecule has 1 amide bonds. The predicted molar refractivity (Wildman–Crippen MR) is 79.4 cm³/mol. The van der Waals surface area contributed by atoms with Crippen molar-refractivity contribution in [1.29, 1.82) is 0 Å². The molecule has 0 radical (unpaired) electrons. The molecule has 1 saturated carbocycles. The number of methoxy groups -OCH3 is 1. The average Bonchev–Trinajstić information content (AvgIpc) is 2.48. The number of nitrogens with one attached hydrogen (secondary N) is 1. The second kappa shape index (κ2) is 6.89. The van der Waals surface area contributed by atoms with Gasteiger partial charge in [0.1, 0.15) is 0 Å². The number of ether oxygens (including phenoxy) is 1. The first-order chi connectivity index (χ1) is 10.0. The molecule has 1 unspecified atom stereocenters. The van der Waals surface area contributed by atoms with Crippen LogP contribution in [-0.4, -0.2) is 19.1 Å². The van der Waals surface area contributed by atoms with Crippen LogP contribution in [0.5, 0.6) is 5.75 Å². The fourth-order valence-corrected chi connectivity index (χ4v) is 2.94. The van der Waals surface area contributed by atoms with E-state index in [1.54, 1.807) is 12.1 Å². The van der Waals surface area contributed by atoms with Gasteiger partial charge in [-0.2, -0.15) is 0 Å². The van der Waals surface area contributed by atoms with E-state index in [0.29, 0.717) is 6.04 Å². The number of halogens is 1. The van der Waals surface area contributed by atoms with E-state index in [4.69, 9.17) is 10.5 Å². The number of hydrogen-bond donors (Lipinski definition) is 2. The van der Waals surface area contributed by atoms with Crippen molar-refractivity contribution in [3.63, 3.8) is 0 Å². The summed E-state index contributed by atoms with van der Waals surface area (Å²) in [6.07, 6.45) is 3.56. The third-order valence-corrected chi connectivity index (χ3v) is 4.29. The van der Waals surface area contributed by atoms with Crippen LogP contribution in [0.4, 0.5) is 4.39 Å². The maximum absolute atomic E-state index is 13.4. The number of carbonyl (C=O) groups is 1. The SMILES string of the molecule is COc1cc(C(C)NC2CCC(C(N)=O)CC2)ccc1F. The molecule has 0 heterocycles. The molecule has 1 aromatic carbocycles. The third-order valence-electron chi connectivity index (χ3n) is 4.29. The van der Waals surface area contributed by atoms with Crippen molar-refractivity contribution in [1.82, 2.24) is 5.32 Å². The standard InChI is InChI=1S/C16H23FN2O2/c1-10(12-5-8-14(17)15(9-12)21-2)19-13-6-3-11(4-7-13)16(18)20/h5,8-11,13,19H,3-4,6-7H2,1-2H3,(H2,18,20). The first-order valence-electron chi connectivity index (χ1n) is 7.40. The number of benzene rings is 1. The first-order valence-corrected chi connectivity index (χ1v) is 7.40. The largest absolute Gasteiger partial charge is 0.494 e. The summed E-state index contributed by atoms with van der Waals surface area (Å²) in [4.78, 5) is 11.2. The Morgan fingerprint density at radius 2 is 2.05 bits per heavy atom. The lowest BCUT2D eigenvalue weighted by atomic mass is 9.85. The molecule has 0 spiro atoms. The quantitative estimate of drug-likeness (QED) is 0.877. The summed E-state index contributed by atoms with van der Waals surface area (Å²) < 4.78 is 18.4. The predicted octanol–water partition coefficient (Wildman–Crippen LogP) is 2.53. The smallest absolute Gasteiger partial charge is 0.220 e. The Labute approximate surface area is 124 Å².